The van der Waals surface area contributed by atoms with Gasteiger partial charge in [-0.15, -0.1) is 0 Å². The van der Waals surface area contributed by atoms with Crippen LogP contribution in [0.15, 0.2) is 14.3 Å². The minimum Gasteiger partial charge on any atom is -0.302 e. The molecule has 8 heteroatoms. The Morgan fingerprint density at radius 2 is 2.06 bits per heavy atom. The standard InChI is InChI=1S/C10H11BrN4O3/c1-4(5(2)16)15-6-7(12-9(15)11)14(3)10(18)13-8(6)17/h4H,1-3H3,(H,13,17,18)/t4-/m0/s1. The summed E-state index contributed by atoms with van der Waals surface area (Å²) in [6, 6.07) is -0.539. The number of imidazole rings is 1. The van der Waals surface area contributed by atoms with Gasteiger partial charge in [-0.25, -0.2) is 9.78 Å². The number of H-pyrrole nitrogens is 1. The van der Waals surface area contributed by atoms with Crippen molar-refractivity contribution in [3.8, 4) is 0 Å². The molecule has 2 aromatic heterocycles. The Bertz CT molecular complexity index is 755. The number of ketones is 1. The predicted octanol–water partition coefficient (Wildman–Crippen LogP) is 0.336. The molecule has 1 N–H and O–H groups in total. The summed E-state index contributed by atoms with van der Waals surface area (Å²) in [5, 5.41) is 0. The minimum atomic E-state index is -0.556. The number of nitrogens with zero attached hydrogens (tertiary/aromatic N) is 3. The van der Waals surface area contributed by atoms with Gasteiger partial charge >= 0.3 is 5.69 Å². The van der Waals surface area contributed by atoms with E-state index in [2.05, 4.69) is 25.9 Å². The van der Waals surface area contributed by atoms with Gasteiger partial charge in [0.2, 0.25) is 0 Å². The summed E-state index contributed by atoms with van der Waals surface area (Å²) in [6.45, 7) is 3.10. The number of nitrogens with one attached hydrogen (secondary N) is 1. The molecule has 0 saturated heterocycles. The molecular formula is C10H11BrN4O3. The number of halogens is 1. The number of carbonyl (C=O) groups excluding carboxylic acids is 1. The summed E-state index contributed by atoms with van der Waals surface area (Å²) >= 11 is 3.20. The lowest BCUT2D eigenvalue weighted by atomic mass is 10.2. The van der Waals surface area contributed by atoms with E-state index in [-0.39, 0.29) is 16.9 Å². The molecule has 0 aliphatic heterocycles. The van der Waals surface area contributed by atoms with Crippen LogP contribution in [0, 0.1) is 0 Å². The highest BCUT2D eigenvalue weighted by Gasteiger charge is 2.21. The lowest BCUT2D eigenvalue weighted by Crippen LogP contribution is -2.30. The lowest BCUT2D eigenvalue weighted by molar-refractivity contribution is -0.119. The number of fused-ring (bicyclic) bond motifs is 1. The van der Waals surface area contributed by atoms with Gasteiger partial charge in [-0.2, -0.15) is 0 Å². The van der Waals surface area contributed by atoms with Crippen LogP contribution in [-0.4, -0.2) is 24.9 Å². The van der Waals surface area contributed by atoms with Crippen LogP contribution in [0.2, 0.25) is 0 Å². The quantitative estimate of drug-likeness (QED) is 0.809. The van der Waals surface area contributed by atoms with Gasteiger partial charge in [-0.3, -0.25) is 19.1 Å². The Labute approximate surface area is 110 Å². The van der Waals surface area contributed by atoms with E-state index in [4.69, 9.17) is 0 Å². The van der Waals surface area contributed by atoms with Crippen molar-refractivity contribution in [2.24, 2.45) is 7.05 Å². The number of carbonyl (C=O) groups is 1. The average Bonchev–Trinajstić information content (AvgIpc) is 2.63. The van der Waals surface area contributed by atoms with Crippen LogP contribution in [-0.2, 0) is 11.8 Å². The van der Waals surface area contributed by atoms with Gasteiger partial charge < -0.3 is 4.57 Å². The molecule has 0 amide bonds. The predicted molar refractivity (Wildman–Crippen MR) is 68.7 cm³/mol. The van der Waals surface area contributed by atoms with E-state index in [1.807, 2.05) is 0 Å². The largest absolute Gasteiger partial charge is 0.329 e. The van der Waals surface area contributed by atoms with Gasteiger partial charge in [0.1, 0.15) is 0 Å². The summed E-state index contributed by atoms with van der Waals surface area (Å²) in [6.07, 6.45) is 0. The van der Waals surface area contributed by atoms with E-state index in [1.54, 1.807) is 6.92 Å². The van der Waals surface area contributed by atoms with E-state index < -0.39 is 17.3 Å². The van der Waals surface area contributed by atoms with Crippen molar-refractivity contribution >= 4 is 32.9 Å². The fourth-order valence-corrected chi connectivity index (χ4v) is 2.36. The van der Waals surface area contributed by atoms with E-state index in [9.17, 15) is 14.4 Å². The fourth-order valence-electron chi connectivity index (χ4n) is 1.71. The molecule has 2 aromatic rings. The number of Topliss-reactive ketones (excluding diaryl/α,β-unsaturated/α-hetero) is 1. The van der Waals surface area contributed by atoms with Gasteiger partial charge in [0.15, 0.2) is 21.7 Å². The van der Waals surface area contributed by atoms with Crippen molar-refractivity contribution in [2.75, 3.05) is 0 Å². The van der Waals surface area contributed by atoms with E-state index in [0.29, 0.717) is 4.73 Å². The Morgan fingerprint density at radius 1 is 1.44 bits per heavy atom. The second kappa shape index (κ2) is 4.20. The van der Waals surface area contributed by atoms with Crippen molar-refractivity contribution < 1.29 is 4.79 Å². The van der Waals surface area contributed by atoms with E-state index >= 15 is 0 Å². The van der Waals surface area contributed by atoms with Crippen molar-refractivity contribution in [3.63, 3.8) is 0 Å². The Kier molecular flexibility index (Phi) is 2.97. The highest BCUT2D eigenvalue weighted by atomic mass is 79.9. The molecule has 0 aromatic carbocycles. The van der Waals surface area contributed by atoms with Crippen LogP contribution in [0.4, 0.5) is 0 Å². The van der Waals surface area contributed by atoms with Crippen LogP contribution in [0.5, 0.6) is 0 Å². The molecule has 0 aliphatic rings. The molecule has 96 valence electrons. The second-order valence-electron chi connectivity index (χ2n) is 4.03. The SMILES string of the molecule is CC(=O)[C@H](C)n1c(Br)nc2c1c(=O)[nH]c(=O)n2C. The molecule has 0 radical (unpaired) electrons. The molecule has 0 fully saturated rings. The zero-order chi connectivity index (χ0) is 13.6. The maximum absolute atomic E-state index is 11.9. The summed E-state index contributed by atoms with van der Waals surface area (Å²) in [5.74, 6) is -0.108. The summed E-state index contributed by atoms with van der Waals surface area (Å²) in [4.78, 5) is 41.1. The zero-order valence-corrected chi connectivity index (χ0v) is 11.6. The Hall–Kier alpha value is -1.70. The lowest BCUT2D eigenvalue weighted by Gasteiger charge is -2.11. The first kappa shape index (κ1) is 12.7. The monoisotopic (exact) mass is 314 g/mol. The molecule has 0 bridgehead atoms. The first-order valence-electron chi connectivity index (χ1n) is 5.21. The number of aryl methyl sites for hydroxylation is 1. The highest BCUT2D eigenvalue weighted by molar-refractivity contribution is 9.10. The van der Waals surface area contributed by atoms with Crippen LogP contribution in [0.1, 0.15) is 19.9 Å². The van der Waals surface area contributed by atoms with Gasteiger partial charge in [0.25, 0.3) is 5.56 Å². The first-order valence-corrected chi connectivity index (χ1v) is 6.01. The number of hydrogen-bond donors (Lipinski definition) is 1. The number of aromatic amines is 1. The van der Waals surface area contributed by atoms with Gasteiger partial charge in [-0.1, -0.05) is 0 Å². The molecule has 0 spiro atoms. The maximum Gasteiger partial charge on any atom is 0.329 e. The second-order valence-corrected chi connectivity index (χ2v) is 4.74. The van der Waals surface area contributed by atoms with E-state index in [0.717, 1.165) is 0 Å². The molecule has 0 unspecified atom stereocenters. The Morgan fingerprint density at radius 3 is 2.61 bits per heavy atom. The van der Waals surface area contributed by atoms with Crippen LogP contribution in [0.3, 0.4) is 0 Å². The molecule has 18 heavy (non-hydrogen) atoms. The summed E-state index contributed by atoms with van der Waals surface area (Å²) in [5.41, 5.74) is -0.657. The highest BCUT2D eigenvalue weighted by Crippen LogP contribution is 2.21. The first-order chi connectivity index (χ1) is 8.34. The average molecular weight is 315 g/mol. The fraction of sp³-hybridized carbons (Fsp3) is 0.400. The number of rotatable bonds is 2. The third-order valence-corrected chi connectivity index (χ3v) is 3.44. The maximum atomic E-state index is 11.9. The summed E-state index contributed by atoms with van der Waals surface area (Å²) in [7, 11) is 1.50. The van der Waals surface area contributed by atoms with Crippen molar-refractivity contribution in [1.29, 1.82) is 0 Å². The van der Waals surface area contributed by atoms with Crippen LogP contribution >= 0.6 is 15.9 Å². The molecule has 1 atom stereocenters. The molecule has 0 saturated carbocycles. The van der Waals surface area contributed by atoms with Crippen LogP contribution in [0.25, 0.3) is 11.2 Å². The summed E-state index contributed by atoms with van der Waals surface area (Å²) < 4.78 is 3.03. The van der Waals surface area contributed by atoms with Crippen molar-refractivity contribution in [2.45, 2.75) is 19.9 Å². The molecule has 2 rings (SSSR count). The van der Waals surface area contributed by atoms with Crippen molar-refractivity contribution in [1.82, 2.24) is 19.1 Å². The number of hydrogen-bond acceptors (Lipinski definition) is 4. The molecular weight excluding hydrogens is 304 g/mol. The minimum absolute atomic E-state index is 0.108. The third-order valence-electron chi connectivity index (χ3n) is 2.88. The third kappa shape index (κ3) is 1.72. The topological polar surface area (TPSA) is 89.8 Å². The smallest absolute Gasteiger partial charge is 0.302 e. The number of aromatic nitrogens is 4. The molecule has 0 aliphatic carbocycles. The molecule has 2 heterocycles. The van der Waals surface area contributed by atoms with Crippen LogP contribution < -0.4 is 11.2 Å². The van der Waals surface area contributed by atoms with Gasteiger partial charge in [0.05, 0.1) is 6.04 Å². The molecule has 7 nitrogen and oxygen atoms in total. The normalized spacial score (nSPS) is 12.9. The zero-order valence-electron chi connectivity index (χ0n) is 10.0. The van der Waals surface area contributed by atoms with Gasteiger partial charge in [0, 0.05) is 7.05 Å². The van der Waals surface area contributed by atoms with Gasteiger partial charge in [-0.05, 0) is 29.8 Å². The van der Waals surface area contributed by atoms with E-state index in [1.165, 1.54) is 23.1 Å². The Balaban J connectivity index is 2.97. The van der Waals surface area contributed by atoms with Crippen molar-refractivity contribution in [3.05, 3.63) is 25.6 Å².